The molecule has 1 aliphatic rings. The van der Waals surface area contributed by atoms with Crippen LogP contribution < -0.4 is 4.74 Å². The number of carbonyl (C=O) groups is 1. The summed E-state index contributed by atoms with van der Waals surface area (Å²) in [5.74, 6) is -0.389. The molecule has 0 amide bonds. The second-order valence-electron chi connectivity index (χ2n) is 5.03. The number of ether oxygens (including phenoxy) is 2. The smallest absolute Gasteiger partial charge is 0.363 e. The molecule has 0 atom stereocenters. The molecule has 1 heterocycles. The molecule has 0 bridgehead atoms. The maximum Gasteiger partial charge on any atom is 0.363 e. The summed E-state index contributed by atoms with van der Waals surface area (Å²) in [5.41, 5.74) is 0.817. The molecule has 0 N–H and O–H groups in total. The minimum absolute atomic E-state index is 0.0365. The summed E-state index contributed by atoms with van der Waals surface area (Å²) >= 11 is 5.92. The van der Waals surface area contributed by atoms with E-state index in [2.05, 4.69) is 4.99 Å². The van der Waals surface area contributed by atoms with Crippen molar-refractivity contribution in [3.05, 3.63) is 74.4 Å². The van der Waals surface area contributed by atoms with Crippen molar-refractivity contribution in [1.82, 2.24) is 0 Å². The Kier molecular flexibility index (Phi) is 4.49. The summed E-state index contributed by atoms with van der Waals surface area (Å²) in [5, 5.41) is 11.6. The van der Waals surface area contributed by atoms with Gasteiger partial charge in [-0.2, -0.15) is 0 Å². The van der Waals surface area contributed by atoms with Gasteiger partial charge in [0.15, 0.2) is 11.4 Å². The number of rotatable bonds is 4. The zero-order chi connectivity index (χ0) is 18.0. The van der Waals surface area contributed by atoms with E-state index in [-0.39, 0.29) is 23.0 Å². The van der Waals surface area contributed by atoms with Crippen molar-refractivity contribution < 1.29 is 19.2 Å². The van der Waals surface area contributed by atoms with Crippen LogP contribution in [0.25, 0.3) is 6.08 Å². The molecular weight excluding hydrogens is 348 g/mol. The quantitative estimate of drug-likeness (QED) is 0.360. The van der Waals surface area contributed by atoms with Crippen LogP contribution in [0.2, 0.25) is 5.02 Å². The van der Waals surface area contributed by atoms with Crippen molar-refractivity contribution in [3.63, 3.8) is 0 Å². The Balaban J connectivity index is 1.97. The Hall–Kier alpha value is -3.19. The third-order valence-corrected chi connectivity index (χ3v) is 3.63. The number of nitrogens with zero attached hydrogens (tertiary/aromatic N) is 2. The van der Waals surface area contributed by atoms with E-state index in [0.29, 0.717) is 16.1 Å². The van der Waals surface area contributed by atoms with Crippen molar-refractivity contribution in [2.24, 2.45) is 4.99 Å². The average molecular weight is 359 g/mol. The highest BCUT2D eigenvalue weighted by Crippen LogP contribution is 2.29. The van der Waals surface area contributed by atoms with Gasteiger partial charge in [-0.1, -0.05) is 23.7 Å². The first-order valence-electron chi connectivity index (χ1n) is 7.09. The predicted molar refractivity (Wildman–Crippen MR) is 91.7 cm³/mol. The first-order valence-corrected chi connectivity index (χ1v) is 7.46. The molecule has 0 unspecified atom stereocenters. The molecule has 7 nitrogen and oxygen atoms in total. The molecule has 126 valence electrons. The SMILES string of the molecule is COc1ccc(C=C2N=C(c3cccc(Cl)c3)OC2=O)cc1[N+](=O)[O-]. The summed E-state index contributed by atoms with van der Waals surface area (Å²) in [6.45, 7) is 0. The lowest BCUT2D eigenvalue weighted by Crippen LogP contribution is -2.05. The van der Waals surface area contributed by atoms with Gasteiger partial charge in [0.2, 0.25) is 5.90 Å². The van der Waals surface area contributed by atoms with Crippen molar-refractivity contribution in [2.75, 3.05) is 7.11 Å². The highest BCUT2D eigenvalue weighted by atomic mass is 35.5. The lowest BCUT2D eigenvalue weighted by molar-refractivity contribution is -0.385. The van der Waals surface area contributed by atoms with Gasteiger partial charge in [0.25, 0.3) is 0 Å². The van der Waals surface area contributed by atoms with E-state index in [1.54, 1.807) is 30.3 Å². The number of hydrogen-bond donors (Lipinski definition) is 0. The molecule has 25 heavy (non-hydrogen) atoms. The van der Waals surface area contributed by atoms with E-state index >= 15 is 0 Å². The Morgan fingerprint density at radius 1 is 1.28 bits per heavy atom. The molecule has 2 aromatic rings. The molecule has 8 heteroatoms. The number of cyclic esters (lactones) is 1. The third-order valence-electron chi connectivity index (χ3n) is 3.40. The molecule has 0 radical (unpaired) electrons. The van der Waals surface area contributed by atoms with Crippen LogP contribution in [0.1, 0.15) is 11.1 Å². The Morgan fingerprint density at radius 3 is 2.76 bits per heavy atom. The number of methoxy groups -OCH3 is 1. The number of halogens is 1. The highest BCUT2D eigenvalue weighted by Gasteiger charge is 2.25. The lowest BCUT2D eigenvalue weighted by atomic mass is 10.1. The number of nitro benzene ring substituents is 1. The van der Waals surface area contributed by atoms with Gasteiger partial charge < -0.3 is 9.47 Å². The number of hydrogen-bond acceptors (Lipinski definition) is 6. The van der Waals surface area contributed by atoms with E-state index in [1.807, 2.05) is 0 Å². The standard InChI is InChI=1S/C17H11ClN2O5/c1-24-15-6-5-10(8-14(15)20(22)23)7-13-17(21)25-16(19-13)11-3-2-4-12(18)9-11/h2-9H,1H3. The number of aliphatic imine (C=N–C) groups is 1. The summed E-state index contributed by atoms with van der Waals surface area (Å²) in [6.07, 6.45) is 1.41. The summed E-state index contributed by atoms with van der Waals surface area (Å²) in [4.78, 5) is 26.6. The van der Waals surface area contributed by atoms with Crippen LogP contribution in [0.4, 0.5) is 5.69 Å². The largest absolute Gasteiger partial charge is 0.490 e. The summed E-state index contributed by atoms with van der Waals surface area (Å²) < 4.78 is 10.1. The van der Waals surface area contributed by atoms with Crippen LogP contribution in [0, 0.1) is 10.1 Å². The van der Waals surface area contributed by atoms with Gasteiger partial charge in [0.05, 0.1) is 12.0 Å². The third kappa shape index (κ3) is 3.51. The number of esters is 1. The molecule has 2 aromatic carbocycles. The van der Waals surface area contributed by atoms with E-state index in [0.717, 1.165) is 0 Å². The average Bonchev–Trinajstić information content (AvgIpc) is 2.95. The van der Waals surface area contributed by atoms with Crippen LogP contribution >= 0.6 is 11.6 Å². The van der Waals surface area contributed by atoms with Gasteiger partial charge >= 0.3 is 11.7 Å². The molecule has 0 aliphatic carbocycles. The normalized spacial score (nSPS) is 15.0. The van der Waals surface area contributed by atoms with Crippen LogP contribution in [0.15, 0.2) is 53.2 Å². The summed E-state index contributed by atoms with van der Waals surface area (Å²) in [6, 6.07) is 11.1. The topological polar surface area (TPSA) is 91.0 Å². The van der Waals surface area contributed by atoms with Gasteiger partial charge in [-0.15, -0.1) is 0 Å². The van der Waals surface area contributed by atoms with Crippen LogP contribution in [-0.4, -0.2) is 23.9 Å². The predicted octanol–water partition coefficient (Wildman–Crippen LogP) is 3.60. The molecule has 3 rings (SSSR count). The first kappa shape index (κ1) is 16.7. The van der Waals surface area contributed by atoms with Crippen molar-refractivity contribution >= 4 is 35.2 Å². The Morgan fingerprint density at radius 2 is 2.08 bits per heavy atom. The molecule has 0 aromatic heterocycles. The van der Waals surface area contributed by atoms with E-state index < -0.39 is 10.9 Å². The van der Waals surface area contributed by atoms with Gasteiger partial charge in [-0.25, -0.2) is 9.79 Å². The zero-order valence-corrected chi connectivity index (χ0v) is 13.7. The Labute approximate surface area is 147 Å². The molecule has 1 aliphatic heterocycles. The van der Waals surface area contributed by atoms with E-state index in [1.165, 1.54) is 25.3 Å². The lowest BCUT2D eigenvalue weighted by Gasteiger charge is -2.02. The molecule has 0 saturated heterocycles. The fourth-order valence-electron chi connectivity index (χ4n) is 2.25. The highest BCUT2D eigenvalue weighted by molar-refractivity contribution is 6.31. The molecular formula is C17H11ClN2O5. The first-order chi connectivity index (χ1) is 12.0. The minimum atomic E-state index is -0.645. The van der Waals surface area contributed by atoms with Gasteiger partial charge in [0, 0.05) is 16.7 Å². The molecule has 0 spiro atoms. The van der Waals surface area contributed by atoms with Crippen molar-refractivity contribution in [1.29, 1.82) is 0 Å². The number of nitro groups is 1. The monoisotopic (exact) mass is 358 g/mol. The maximum atomic E-state index is 12.0. The minimum Gasteiger partial charge on any atom is -0.490 e. The molecule has 0 saturated carbocycles. The van der Waals surface area contributed by atoms with Crippen molar-refractivity contribution in [3.8, 4) is 5.75 Å². The van der Waals surface area contributed by atoms with Gasteiger partial charge in [0.1, 0.15) is 0 Å². The number of benzene rings is 2. The fraction of sp³-hybridized carbons (Fsp3) is 0.0588. The van der Waals surface area contributed by atoms with Crippen LogP contribution in [0.3, 0.4) is 0 Å². The van der Waals surface area contributed by atoms with Crippen LogP contribution in [0.5, 0.6) is 5.75 Å². The van der Waals surface area contributed by atoms with E-state index in [4.69, 9.17) is 21.1 Å². The second-order valence-corrected chi connectivity index (χ2v) is 5.47. The Bertz CT molecular complexity index is 936. The zero-order valence-electron chi connectivity index (χ0n) is 12.9. The maximum absolute atomic E-state index is 12.0. The van der Waals surface area contributed by atoms with Gasteiger partial charge in [-0.3, -0.25) is 10.1 Å². The van der Waals surface area contributed by atoms with Gasteiger partial charge in [-0.05, 0) is 35.9 Å². The second kappa shape index (κ2) is 6.74. The number of carbonyl (C=O) groups excluding carboxylic acids is 1. The molecule has 0 fully saturated rings. The summed E-state index contributed by atoms with van der Waals surface area (Å²) in [7, 11) is 1.34. The van der Waals surface area contributed by atoms with Crippen molar-refractivity contribution in [2.45, 2.75) is 0 Å². The van der Waals surface area contributed by atoms with Crippen LogP contribution in [-0.2, 0) is 9.53 Å². The fourth-order valence-corrected chi connectivity index (χ4v) is 2.44. The van der Waals surface area contributed by atoms with E-state index in [9.17, 15) is 14.9 Å².